The molecule has 0 bridgehead atoms. The molecular formula is C8H14O2. The number of rotatable bonds is 0. The second-order valence-corrected chi connectivity index (χ2v) is 3.43. The van der Waals surface area contributed by atoms with Crippen molar-refractivity contribution < 1.29 is 9.84 Å². The molecule has 1 N–H and O–H groups in total. The van der Waals surface area contributed by atoms with E-state index in [2.05, 4.69) is 0 Å². The molecule has 0 radical (unpaired) electrons. The Labute approximate surface area is 61.2 Å². The zero-order valence-electron chi connectivity index (χ0n) is 6.12. The molecule has 1 aliphatic heterocycles. The van der Waals surface area contributed by atoms with Gasteiger partial charge in [0, 0.05) is 5.92 Å². The number of fused-ring (bicyclic) bond motifs is 1. The van der Waals surface area contributed by atoms with Gasteiger partial charge in [-0.1, -0.05) is 12.8 Å². The molecule has 10 heavy (non-hydrogen) atoms. The average molecular weight is 142 g/mol. The summed E-state index contributed by atoms with van der Waals surface area (Å²) in [5.41, 5.74) is 0. The van der Waals surface area contributed by atoms with E-state index in [1.54, 1.807) is 0 Å². The lowest BCUT2D eigenvalue weighted by Crippen LogP contribution is -2.22. The van der Waals surface area contributed by atoms with Gasteiger partial charge in [0.1, 0.15) is 0 Å². The predicted molar refractivity (Wildman–Crippen MR) is 37.4 cm³/mol. The first-order valence-electron chi connectivity index (χ1n) is 4.17. The summed E-state index contributed by atoms with van der Waals surface area (Å²) in [5.74, 6) is 1.14. The largest absolute Gasteiger partial charge is 0.368 e. The lowest BCUT2D eigenvalue weighted by atomic mass is 9.81. The molecule has 1 aliphatic carbocycles. The average Bonchev–Trinajstić information content (AvgIpc) is 2.34. The maximum atomic E-state index is 9.30. The summed E-state index contributed by atoms with van der Waals surface area (Å²) in [6, 6.07) is 0. The van der Waals surface area contributed by atoms with E-state index in [0.29, 0.717) is 11.8 Å². The molecule has 2 fully saturated rings. The van der Waals surface area contributed by atoms with E-state index in [0.717, 1.165) is 6.61 Å². The lowest BCUT2D eigenvalue weighted by Gasteiger charge is -2.24. The number of hydrogen-bond acceptors (Lipinski definition) is 2. The van der Waals surface area contributed by atoms with Gasteiger partial charge in [0.2, 0.25) is 0 Å². The Balaban J connectivity index is 2.01. The van der Waals surface area contributed by atoms with Gasteiger partial charge in [-0.2, -0.15) is 0 Å². The first-order valence-corrected chi connectivity index (χ1v) is 4.17. The van der Waals surface area contributed by atoms with Crippen LogP contribution in [0, 0.1) is 11.8 Å². The van der Waals surface area contributed by atoms with E-state index in [-0.39, 0.29) is 0 Å². The topological polar surface area (TPSA) is 29.5 Å². The molecule has 2 heteroatoms. The molecule has 1 saturated carbocycles. The molecule has 58 valence electrons. The van der Waals surface area contributed by atoms with E-state index in [4.69, 9.17) is 4.74 Å². The molecule has 0 aromatic carbocycles. The van der Waals surface area contributed by atoms with Gasteiger partial charge in [0.05, 0.1) is 6.61 Å². The summed E-state index contributed by atoms with van der Waals surface area (Å²) in [4.78, 5) is 0. The minimum absolute atomic E-state index is 0.440. The third-order valence-corrected chi connectivity index (χ3v) is 2.82. The standard InChI is InChI=1S/C8H14O2/c9-8-7-4-2-1-3-6(7)5-10-8/h6-9H,1-5H2/t6-,7+,8-/m1/s1. The Morgan fingerprint density at radius 3 is 2.80 bits per heavy atom. The Kier molecular flexibility index (Phi) is 1.66. The van der Waals surface area contributed by atoms with Crippen LogP contribution >= 0.6 is 0 Å². The van der Waals surface area contributed by atoms with Gasteiger partial charge < -0.3 is 9.84 Å². The first-order chi connectivity index (χ1) is 4.88. The Hall–Kier alpha value is -0.0800. The molecule has 0 aromatic rings. The van der Waals surface area contributed by atoms with E-state index in [9.17, 15) is 5.11 Å². The van der Waals surface area contributed by atoms with Gasteiger partial charge >= 0.3 is 0 Å². The van der Waals surface area contributed by atoms with Crippen LogP contribution in [0.4, 0.5) is 0 Å². The van der Waals surface area contributed by atoms with Gasteiger partial charge in [-0.15, -0.1) is 0 Å². The second kappa shape index (κ2) is 2.51. The highest BCUT2D eigenvalue weighted by molar-refractivity contribution is 4.81. The van der Waals surface area contributed by atoms with Crippen LogP contribution < -0.4 is 0 Å². The SMILES string of the molecule is O[C@@H]1OC[C@H]2CCCC[C@@H]21. The van der Waals surface area contributed by atoms with Gasteiger partial charge in [-0.05, 0) is 18.8 Å². The van der Waals surface area contributed by atoms with Crippen molar-refractivity contribution in [1.29, 1.82) is 0 Å². The highest BCUT2D eigenvalue weighted by atomic mass is 16.6. The summed E-state index contributed by atoms with van der Waals surface area (Å²) in [6.45, 7) is 0.797. The van der Waals surface area contributed by atoms with Gasteiger partial charge in [-0.3, -0.25) is 0 Å². The maximum Gasteiger partial charge on any atom is 0.157 e. The van der Waals surface area contributed by atoms with Crippen molar-refractivity contribution in [3.8, 4) is 0 Å². The van der Waals surface area contributed by atoms with E-state index in [1.165, 1.54) is 25.7 Å². The van der Waals surface area contributed by atoms with Crippen LogP contribution in [0.5, 0.6) is 0 Å². The molecule has 0 aromatic heterocycles. The minimum atomic E-state index is -0.440. The molecule has 2 rings (SSSR count). The fourth-order valence-corrected chi connectivity index (χ4v) is 2.16. The predicted octanol–water partition coefficient (Wildman–Crippen LogP) is 1.14. The molecule has 1 heterocycles. The molecular weight excluding hydrogens is 128 g/mol. The Morgan fingerprint density at radius 1 is 1.20 bits per heavy atom. The second-order valence-electron chi connectivity index (χ2n) is 3.43. The van der Waals surface area contributed by atoms with Crippen molar-refractivity contribution in [2.24, 2.45) is 11.8 Å². The Morgan fingerprint density at radius 2 is 2.00 bits per heavy atom. The fraction of sp³-hybridized carbons (Fsp3) is 1.00. The van der Waals surface area contributed by atoms with Crippen molar-refractivity contribution >= 4 is 0 Å². The van der Waals surface area contributed by atoms with Gasteiger partial charge in [0.25, 0.3) is 0 Å². The minimum Gasteiger partial charge on any atom is -0.368 e. The highest BCUT2D eigenvalue weighted by Gasteiger charge is 2.37. The van der Waals surface area contributed by atoms with Crippen LogP contribution in [-0.2, 0) is 4.74 Å². The van der Waals surface area contributed by atoms with Crippen LogP contribution in [0.15, 0.2) is 0 Å². The smallest absolute Gasteiger partial charge is 0.157 e. The van der Waals surface area contributed by atoms with Crippen molar-refractivity contribution in [2.45, 2.75) is 32.0 Å². The third kappa shape index (κ3) is 0.956. The van der Waals surface area contributed by atoms with Crippen molar-refractivity contribution in [3.63, 3.8) is 0 Å². The van der Waals surface area contributed by atoms with E-state index < -0.39 is 6.29 Å². The van der Waals surface area contributed by atoms with Crippen LogP contribution in [0.25, 0.3) is 0 Å². The summed E-state index contributed by atoms with van der Waals surface area (Å²) in [5, 5.41) is 9.30. The molecule has 2 aliphatic rings. The Bertz CT molecular complexity index is 122. The zero-order chi connectivity index (χ0) is 6.97. The van der Waals surface area contributed by atoms with Crippen molar-refractivity contribution in [1.82, 2.24) is 0 Å². The quantitative estimate of drug-likeness (QED) is 0.549. The summed E-state index contributed by atoms with van der Waals surface area (Å²) < 4.78 is 5.16. The molecule has 0 unspecified atom stereocenters. The highest BCUT2D eigenvalue weighted by Crippen LogP contribution is 2.37. The summed E-state index contributed by atoms with van der Waals surface area (Å²) >= 11 is 0. The van der Waals surface area contributed by atoms with Gasteiger partial charge in [-0.25, -0.2) is 0 Å². The van der Waals surface area contributed by atoms with Crippen LogP contribution in [0.3, 0.4) is 0 Å². The molecule has 2 nitrogen and oxygen atoms in total. The number of ether oxygens (including phenoxy) is 1. The zero-order valence-corrected chi connectivity index (χ0v) is 6.12. The monoisotopic (exact) mass is 142 g/mol. The van der Waals surface area contributed by atoms with E-state index in [1.807, 2.05) is 0 Å². The number of aliphatic hydroxyl groups is 1. The molecule has 1 saturated heterocycles. The van der Waals surface area contributed by atoms with E-state index >= 15 is 0 Å². The fourth-order valence-electron chi connectivity index (χ4n) is 2.16. The molecule has 0 amide bonds. The summed E-state index contributed by atoms with van der Waals surface area (Å²) in [7, 11) is 0. The van der Waals surface area contributed by atoms with Crippen molar-refractivity contribution in [3.05, 3.63) is 0 Å². The van der Waals surface area contributed by atoms with Crippen LogP contribution in [-0.4, -0.2) is 18.0 Å². The number of hydrogen-bond donors (Lipinski definition) is 1. The van der Waals surface area contributed by atoms with Crippen LogP contribution in [0.2, 0.25) is 0 Å². The van der Waals surface area contributed by atoms with Gasteiger partial charge in [0.15, 0.2) is 6.29 Å². The summed E-state index contributed by atoms with van der Waals surface area (Å²) in [6.07, 6.45) is 4.61. The van der Waals surface area contributed by atoms with Crippen LogP contribution in [0.1, 0.15) is 25.7 Å². The molecule has 3 atom stereocenters. The number of aliphatic hydroxyl groups excluding tert-OH is 1. The lowest BCUT2D eigenvalue weighted by molar-refractivity contribution is -0.0844. The third-order valence-electron chi connectivity index (χ3n) is 2.82. The normalized spacial score (nSPS) is 47.1. The first kappa shape index (κ1) is 6.62. The van der Waals surface area contributed by atoms with Crippen molar-refractivity contribution in [2.75, 3.05) is 6.61 Å². The maximum absolute atomic E-state index is 9.30. The molecule has 0 spiro atoms.